The van der Waals surface area contributed by atoms with Crippen molar-refractivity contribution >= 4 is 39.2 Å². The van der Waals surface area contributed by atoms with Gasteiger partial charge in [-0.05, 0) is 42.8 Å². The van der Waals surface area contributed by atoms with Crippen LogP contribution in [0.25, 0.3) is 21.8 Å². The van der Waals surface area contributed by atoms with Crippen LogP contribution in [0.15, 0.2) is 48.7 Å². The summed E-state index contributed by atoms with van der Waals surface area (Å²) in [5.74, 6) is 1.11. The van der Waals surface area contributed by atoms with Crippen molar-refractivity contribution in [3.05, 3.63) is 60.0 Å². The quantitative estimate of drug-likeness (QED) is 0.595. The molecule has 0 aliphatic heterocycles. The third-order valence-electron chi connectivity index (χ3n) is 4.38. The highest BCUT2D eigenvalue weighted by Gasteiger charge is 2.10. The zero-order chi connectivity index (χ0) is 18.3. The molecule has 6 heteroatoms. The van der Waals surface area contributed by atoms with Crippen LogP contribution in [0, 0.1) is 6.92 Å². The third kappa shape index (κ3) is 2.86. The summed E-state index contributed by atoms with van der Waals surface area (Å²) in [5, 5.41) is 4.72. The first-order valence-corrected chi connectivity index (χ1v) is 8.39. The van der Waals surface area contributed by atoms with Crippen molar-refractivity contribution in [1.82, 2.24) is 14.5 Å². The van der Waals surface area contributed by atoms with Crippen molar-refractivity contribution in [2.45, 2.75) is 20.4 Å². The summed E-state index contributed by atoms with van der Waals surface area (Å²) in [7, 11) is 0. The summed E-state index contributed by atoms with van der Waals surface area (Å²) in [5.41, 5.74) is 10.0. The number of hydrogen-bond donors (Lipinski definition) is 2. The Labute approximate surface area is 150 Å². The standard InChI is InChI=1S/C20H19N5O/c1-12-22-17-7-8-18-16(19(17)20(21)23-12)9-10-25(18)11-14-3-5-15(6-4-14)24-13(2)26/h3-10H,11H2,1-2H3,(H,24,26)(H2,21,22,23). The van der Waals surface area contributed by atoms with Crippen LogP contribution in [0.4, 0.5) is 11.5 Å². The van der Waals surface area contributed by atoms with Crippen LogP contribution < -0.4 is 11.1 Å². The van der Waals surface area contributed by atoms with Crippen molar-refractivity contribution in [2.24, 2.45) is 0 Å². The molecule has 0 spiro atoms. The fourth-order valence-electron chi connectivity index (χ4n) is 3.28. The molecule has 2 aromatic heterocycles. The zero-order valence-corrected chi connectivity index (χ0v) is 14.7. The number of aromatic nitrogens is 3. The average molecular weight is 345 g/mol. The topological polar surface area (TPSA) is 85.8 Å². The van der Waals surface area contributed by atoms with Crippen molar-refractivity contribution in [1.29, 1.82) is 0 Å². The number of aryl methyl sites for hydroxylation is 1. The highest BCUT2D eigenvalue weighted by atomic mass is 16.1. The van der Waals surface area contributed by atoms with Gasteiger partial charge in [0.25, 0.3) is 0 Å². The molecule has 0 saturated heterocycles. The minimum Gasteiger partial charge on any atom is -0.383 e. The van der Waals surface area contributed by atoms with E-state index >= 15 is 0 Å². The van der Waals surface area contributed by atoms with E-state index in [1.807, 2.05) is 43.5 Å². The molecule has 0 aliphatic rings. The molecule has 4 aromatic rings. The molecule has 6 nitrogen and oxygen atoms in total. The van der Waals surface area contributed by atoms with Crippen LogP contribution in [-0.4, -0.2) is 20.4 Å². The summed E-state index contributed by atoms with van der Waals surface area (Å²) >= 11 is 0. The predicted octanol–water partition coefficient (Wildman–Crippen LogP) is 3.48. The van der Waals surface area contributed by atoms with Gasteiger partial charge in [0.2, 0.25) is 5.91 Å². The molecular weight excluding hydrogens is 326 g/mol. The molecule has 3 N–H and O–H groups in total. The Hall–Kier alpha value is -3.41. The Kier molecular flexibility index (Phi) is 3.80. The van der Waals surface area contributed by atoms with Crippen LogP contribution in [0.5, 0.6) is 0 Å². The van der Waals surface area contributed by atoms with Gasteiger partial charge in [0, 0.05) is 36.3 Å². The van der Waals surface area contributed by atoms with E-state index in [1.165, 1.54) is 6.92 Å². The van der Waals surface area contributed by atoms with E-state index in [9.17, 15) is 4.79 Å². The summed E-state index contributed by atoms with van der Waals surface area (Å²) in [6.07, 6.45) is 2.05. The molecule has 0 fully saturated rings. The molecule has 2 aromatic carbocycles. The van der Waals surface area contributed by atoms with Crippen LogP contribution >= 0.6 is 0 Å². The molecule has 0 radical (unpaired) electrons. The summed E-state index contributed by atoms with van der Waals surface area (Å²) in [6.45, 7) is 4.07. The minimum absolute atomic E-state index is 0.0731. The molecule has 0 atom stereocenters. The lowest BCUT2D eigenvalue weighted by Gasteiger charge is -2.09. The maximum absolute atomic E-state index is 11.1. The van der Waals surface area contributed by atoms with Crippen LogP contribution in [-0.2, 0) is 11.3 Å². The summed E-state index contributed by atoms with van der Waals surface area (Å²) in [4.78, 5) is 19.9. The fourth-order valence-corrected chi connectivity index (χ4v) is 3.28. The normalized spacial score (nSPS) is 11.2. The molecule has 0 saturated carbocycles. The van der Waals surface area contributed by atoms with Gasteiger partial charge in [0.15, 0.2) is 0 Å². The molecule has 4 rings (SSSR count). The lowest BCUT2D eigenvalue weighted by Crippen LogP contribution is -2.05. The largest absolute Gasteiger partial charge is 0.383 e. The van der Waals surface area contributed by atoms with E-state index in [4.69, 9.17) is 5.73 Å². The van der Waals surface area contributed by atoms with Gasteiger partial charge in [0.1, 0.15) is 11.6 Å². The maximum Gasteiger partial charge on any atom is 0.221 e. The number of carbonyl (C=O) groups is 1. The van der Waals surface area contributed by atoms with Gasteiger partial charge in [-0.15, -0.1) is 0 Å². The number of benzene rings is 2. The molecular formula is C20H19N5O. The summed E-state index contributed by atoms with van der Waals surface area (Å²) < 4.78 is 2.17. The molecule has 0 unspecified atom stereocenters. The van der Waals surface area contributed by atoms with Crippen molar-refractivity contribution < 1.29 is 4.79 Å². The number of nitrogens with one attached hydrogen (secondary N) is 1. The smallest absolute Gasteiger partial charge is 0.221 e. The second kappa shape index (κ2) is 6.15. The Balaban J connectivity index is 1.71. The van der Waals surface area contributed by atoms with E-state index in [1.54, 1.807) is 0 Å². The predicted molar refractivity (Wildman–Crippen MR) is 104 cm³/mol. The average Bonchev–Trinajstić information content (AvgIpc) is 2.98. The number of nitrogen functional groups attached to an aromatic ring is 1. The molecule has 130 valence electrons. The van der Waals surface area contributed by atoms with E-state index in [-0.39, 0.29) is 5.91 Å². The monoisotopic (exact) mass is 345 g/mol. The SMILES string of the molecule is CC(=O)Nc1ccc(Cn2ccc3c4c(N)nc(C)nc4ccc32)cc1. The molecule has 26 heavy (non-hydrogen) atoms. The third-order valence-corrected chi connectivity index (χ3v) is 4.38. The molecule has 1 amide bonds. The Bertz CT molecular complexity index is 1130. The highest BCUT2D eigenvalue weighted by molar-refractivity contribution is 6.10. The molecule has 0 aliphatic carbocycles. The Morgan fingerprint density at radius 1 is 1.12 bits per heavy atom. The van der Waals surface area contributed by atoms with Gasteiger partial charge >= 0.3 is 0 Å². The zero-order valence-electron chi connectivity index (χ0n) is 14.7. The van der Waals surface area contributed by atoms with E-state index < -0.39 is 0 Å². The van der Waals surface area contributed by atoms with Crippen molar-refractivity contribution in [3.8, 4) is 0 Å². The van der Waals surface area contributed by atoms with Gasteiger partial charge in [-0.3, -0.25) is 4.79 Å². The number of amides is 1. The summed E-state index contributed by atoms with van der Waals surface area (Å²) in [6, 6.07) is 13.9. The van der Waals surface area contributed by atoms with E-state index in [0.717, 1.165) is 39.6 Å². The van der Waals surface area contributed by atoms with Crippen molar-refractivity contribution in [2.75, 3.05) is 11.1 Å². The number of nitrogens with zero attached hydrogens (tertiary/aromatic N) is 3. The number of anilines is 2. The Morgan fingerprint density at radius 2 is 1.88 bits per heavy atom. The molecule has 0 bridgehead atoms. The van der Waals surface area contributed by atoms with Gasteiger partial charge in [-0.1, -0.05) is 12.1 Å². The fraction of sp³-hybridized carbons (Fsp3) is 0.150. The highest BCUT2D eigenvalue weighted by Crippen LogP contribution is 2.29. The number of nitrogens with two attached hydrogens (primary N) is 1. The molecule has 2 heterocycles. The van der Waals surface area contributed by atoms with E-state index in [2.05, 4.69) is 32.0 Å². The second-order valence-electron chi connectivity index (χ2n) is 6.37. The lowest BCUT2D eigenvalue weighted by atomic mass is 10.1. The van der Waals surface area contributed by atoms with Gasteiger partial charge in [-0.2, -0.15) is 0 Å². The first-order valence-electron chi connectivity index (χ1n) is 8.39. The first-order chi connectivity index (χ1) is 12.5. The lowest BCUT2D eigenvalue weighted by molar-refractivity contribution is -0.114. The number of rotatable bonds is 3. The number of carbonyl (C=O) groups excluding carboxylic acids is 1. The van der Waals surface area contributed by atoms with Crippen LogP contribution in [0.2, 0.25) is 0 Å². The van der Waals surface area contributed by atoms with E-state index in [0.29, 0.717) is 11.6 Å². The van der Waals surface area contributed by atoms with Gasteiger partial charge in [0.05, 0.1) is 10.9 Å². The maximum atomic E-state index is 11.1. The minimum atomic E-state index is -0.0731. The van der Waals surface area contributed by atoms with Crippen molar-refractivity contribution in [3.63, 3.8) is 0 Å². The number of hydrogen-bond acceptors (Lipinski definition) is 4. The first kappa shape index (κ1) is 16.1. The second-order valence-corrected chi connectivity index (χ2v) is 6.37. The van der Waals surface area contributed by atoms with Crippen LogP contribution in [0.3, 0.4) is 0 Å². The van der Waals surface area contributed by atoms with Gasteiger partial charge in [-0.25, -0.2) is 9.97 Å². The van der Waals surface area contributed by atoms with Crippen LogP contribution in [0.1, 0.15) is 18.3 Å². The Morgan fingerprint density at radius 3 is 2.62 bits per heavy atom. The number of fused-ring (bicyclic) bond motifs is 3. The van der Waals surface area contributed by atoms with Gasteiger partial charge < -0.3 is 15.6 Å².